The number of nitrogens with zero attached hydrogens (tertiary/aromatic N) is 1. The van der Waals surface area contributed by atoms with Crippen LogP contribution in [0.15, 0.2) is 0 Å². The zero-order valence-corrected chi connectivity index (χ0v) is 11.9. The lowest BCUT2D eigenvalue weighted by atomic mass is 9.76. The van der Waals surface area contributed by atoms with Gasteiger partial charge in [0.1, 0.15) is 5.54 Å². The van der Waals surface area contributed by atoms with Gasteiger partial charge in [0, 0.05) is 19.8 Å². The topological polar surface area (TPSA) is 58.6 Å². The van der Waals surface area contributed by atoms with E-state index < -0.39 is 5.54 Å². The van der Waals surface area contributed by atoms with Crippen molar-refractivity contribution in [2.75, 3.05) is 19.8 Å². The van der Waals surface area contributed by atoms with E-state index in [2.05, 4.69) is 12.2 Å². The van der Waals surface area contributed by atoms with E-state index in [1.807, 2.05) is 6.92 Å². The second-order valence-corrected chi connectivity index (χ2v) is 5.68. The fraction of sp³-hybridized carbons (Fsp3) is 0.857. The number of rotatable bonds is 5. The van der Waals surface area contributed by atoms with E-state index >= 15 is 0 Å². The fourth-order valence-electron chi connectivity index (χ4n) is 3.12. The molecule has 108 valence electrons. The first kappa shape index (κ1) is 14.3. The molecule has 5 heteroatoms. The molecule has 1 heterocycles. The number of amides is 3. The van der Waals surface area contributed by atoms with E-state index in [0.29, 0.717) is 25.7 Å². The highest BCUT2D eigenvalue weighted by atomic mass is 16.5. The first-order chi connectivity index (χ1) is 9.10. The Morgan fingerprint density at radius 2 is 2.05 bits per heavy atom. The molecule has 1 saturated heterocycles. The number of urea groups is 1. The summed E-state index contributed by atoms with van der Waals surface area (Å²) in [6.45, 7) is 6.10. The number of nitrogens with one attached hydrogen (secondary N) is 1. The maximum Gasteiger partial charge on any atom is 0.325 e. The summed E-state index contributed by atoms with van der Waals surface area (Å²) < 4.78 is 5.30. The Hall–Kier alpha value is -1.10. The molecule has 2 aliphatic rings. The van der Waals surface area contributed by atoms with Gasteiger partial charge in [0.2, 0.25) is 0 Å². The number of hydrogen-bond acceptors (Lipinski definition) is 3. The van der Waals surface area contributed by atoms with Crippen LogP contribution < -0.4 is 5.32 Å². The van der Waals surface area contributed by atoms with Crippen molar-refractivity contribution in [3.05, 3.63) is 0 Å². The molecule has 0 unspecified atom stereocenters. The minimum atomic E-state index is -0.574. The van der Waals surface area contributed by atoms with Crippen molar-refractivity contribution < 1.29 is 14.3 Å². The van der Waals surface area contributed by atoms with E-state index in [1.54, 1.807) is 4.90 Å². The molecule has 1 saturated carbocycles. The summed E-state index contributed by atoms with van der Waals surface area (Å²) in [5, 5.41) is 2.49. The first-order valence-corrected chi connectivity index (χ1v) is 7.31. The number of carbonyl (C=O) groups excluding carboxylic acids is 2. The van der Waals surface area contributed by atoms with Gasteiger partial charge < -0.3 is 9.64 Å². The summed E-state index contributed by atoms with van der Waals surface area (Å²) in [5.41, 5.74) is -0.574. The predicted octanol–water partition coefficient (Wildman–Crippen LogP) is 1.91. The molecule has 5 nitrogen and oxygen atoms in total. The summed E-state index contributed by atoms with van der Waals surface area (Å²) in [6.07, 6.45) is 4.40. The van der Waals surface area contributed by atoms with Gasteiger partial charge in [0.15, 0.2) is 0 Å². The SMILES string of the molecule is CCOCCCN1C(=O)NC(=O)C12CCC(C)CC2. The first-order valence-electron chi connectivity index (χ1n) is 7.31. The summed E-state index contributed by atoms with van der Waals surface area (Å²) in [7, 11) is 0. The van der Waals surface area contributed by atoms with Gasteiger partial charge in [-0.3, -0.25) is 10.1 Å². The van der Waals surface area contributed by atoms with E-state index in [-0.39, 0.29) is 11.9 Å². The molecule has 3 amide bonds. The average Bonchev–Trinajstić information content (AvgIpc) is 2.61. The molecule has 1 N–H and O–H groups in total. The Balaban J connectivity index is 2.01. The highest BCUT2D eigenvalue weighted by molar-refractivity contribution is 6.07. The summed E-state index contributed by atoms with van der Waals surface area (Å²) in [6, 6.07) is -0.226. The third-order valence-electron chi connectivity index (χ3n) is 4.38. The molecular formula is C14H24N2O3. The third kappa shape index (κ3) is 2.76. The molecular weight excluding hydrogens is 244 g/mol. The van der Waals surface area contributed by atoms with Crippen LogP contribution in [-0.2, 0) is 9.53 Å². The Morgan fingerprint density at radius 1 is 1.37 bits per heavy atom. The average molecular weight is 268 g/mol. The predicted molar refractivity (Wildman–Crippen MR) is 71.7 cm³/mol. The van der Waals surface area contributed by atoms with Crippen molar-refractivity contribution in [1.29, 1.82) is 0 Å². The zero-order valence-electron chi connectivity index (χ0n) is 11.9. The number of ether oxygens (including phenoxy) is 1. The van der Waals surface area contributed by atoms with Gasteiger partial charge in [-0.25, -0.2) is 4.79 Å². The van der Waals surface area contributed by atoms with Crippen molar-refractivity contribution >= 4 is 11.9 Å². The number of imide groups is 1. The largest absolute Gasteiger partial charge is 0.382 e. The normalized spacial score (nSPS) is 31.1. The van der Waals surface area contributed by atoms with Crippen LogP contribution in [0.25, 0.3) is 0 Å². The Morgan fingerprint density at radius 3 is 2.68 bits per heavy atom. The molecule has 0 aromatic carbocycles. The highest BCUT2D eigenvalue weighted by Gasteiger charge is 2.53. The Labute approximate surface area is 114 Å². The maximum atomic E-state index is 12.2. The number of hydrogen-bond donors (Lipinski definition) is 1. The van der Waals surface area contributed by atoms with Crippen molar-refractivity contribution in [3.63, 3.8) is 0 Å². The fourth-order valence-corrected chi connectivity index (χ4v) is 3.12. The van der Waals surface area contributed by atoms with Crippen LogP contribution in [0.5, 0.6) is 0 Å². The zero-order chi connectivity index (χ0) is 13.9. The van der Waals surface area contributed by atoms with E-state index in [4.69, 9.17) is 4.74 Å². The van der Waals surface area contributed by atoms with Crippen molar-refractivity contribution in [2.45, 2.75) is 51.5 Å². The van der Waals surface area contributed by atoms with E-state index in [1.165, 1.54) is 0 Å². The highest BCUT2D eigenvalue weighted by Crippen LogP contribution is 2.39. The second-order valence-electron chi connectivity index (χ2n) is 5.68. The molecule has 2 rings (SSSR count). The van der Waals surface area contributed by atoms with E-state index in [0.717, 1.165) is 32.1 Å². The van der Waals surface area contributed by atoms with Gasteiger partial charge >= 0.3 is 6.03 Å². The van der Waals surface area contributed by atoms with Crippen molar-refractivity contribution in [1.82, 2.24) is 10.2 Å². The molecule has 1 aliphatic heterocycles. The van der Waals surface area contributed by atoms with Crippen LogP contribution in [0.1, 0.15) is 46.0 Å². The lowest BCUT2D eigenvalue weighted by molar-refractivity contribution is -0.128. The molecule has 19 heavy (non-hydrogen) atoms. The van der Waals surface area contributed by atoms with Crippen molar-refractivity contribution in [2.24, 2.45) is 5.92 Å². The van der Waals surface area contributed by atoms with Gasteiger partial charge in [-0.15, -0.1) is 0 Å². The minimum absolute atomic E-state index is 0.0965. The second kappa shape index (κ2) is 5.90. The molecule has 0 bridgehead atoms. The summed E-state index contributed by atoms with van der Waals surface area (Å²) >= 11 is 0. The van der Waals surface area contributed by atoms with Gasteiger partial charge in [0.05, 0.1) is 0 Å². The molecule has 0 aromatic heterocycles. The van der Waals surface area contributed by atoms with Crippen LogP contribution in [0, 0.1) is 5.92 Å². The van der Waals surface area contributed by atoms with Gasteiger partial charge in [0.25, 0.3) is 5.91 Å². The smallest absolute Gasteiger partial charge is 0.325 e. The summed E-state index contributed by atoms with van der Waals surface area (Å²) in [4.78, 5) is 25.9. The maximum absolute atomic E-state index is 12.2. The molecule has 0 atom stereocenters. The van der Waals surface area contributed by atoms with Crippen LogP contribution in [0.4, 0.5) is 4.79 Å². The molecule has 2 fully saturated rings. The van der Waals surface area contributed by atoms with Gasteiger partial charge in [-0.2, -0.15) is 0 Å². The van der Waals surface area contributed by atoms with Crippen LogP contribution >= 0.6 is 0 Å². The molecule has 1 spiro atoms. The van der Waals surface area contributed by atoms with E-state index in [9.17, 15) is 9.59 Å². The van der Waals surface area contributed by atoms with Crippen LogP contribution in [0.2, 0.25) is 0 Å². The van der Waals surface area contributed by atoms with Crippen LogP contribution in [0.3, 0.4) is 0 Å². The molecule has 0 aromatic rings. The summed E-state index contributed by atoms with van der Waals surface area (Å²) in [5.74, 6) is 0.556. The molecule has 0 radical (unpaired) electrons. The van der Waals surface area contributed by atoms with Crippen LogP contribution in [-0.4, -0.2) is 42.1 Å². The quantitative estimate of drug-likeness (QED) is 0.612. The number of carbonyl (C=O) groups is 2. The van der Waals surface area contributed by atoms with Gasteiger partial charge in [-0.05, 0) is 44.9 Å². The lowest BCUT2D eigenvalue weighted by Crippen LogP contribution is -2.52. The van der Waals surface area contributed by atoms with Crippen molar-refractivity contribution in [3.8, 4) is 0 Å². The van der Waals surface area contributed by atoms with Gasteiger partial charge in [-0.1, -0.05) is 6.92 Å². The standard InChI is InChI=1S/C14H24N2O3/c1-3-19-10-4-9-16-13(18)15-12(17)14(16)7-5-11(2)6-8-14/h11H,3-10H2,1-2H3,(H,15,17,18). The Bertz CT molecular complexity index is 349. The molecule has 1 aliphatic carbocycles. The lowest BCUT2D eigenvalue weighted by Gasteiger charge is -2.40. The third-order valence-corrected chi connectivity index (χ3v) is 4.38. The monoisotopic (exact) mass is 268 g/mol. The Kier molecular flexibility index (Phi) is 4.45. The minimum Gasteiger partial charge on any atom is -0.382 e.